The van der Waals surface area contributed by atoms with Crippen molar-refractivity contribution in [1.82, 2.24) is 9.62 Å². The van der Waals surface area contributed by atoms with Gasteiger partial charge >= 0.3 is 0 Å². The van der Waals surface area contributed by atoms with E-state index in [0.29, 0.717) is 6.54 Å². The Morgan fingerprint density at radius 1 is 1.44 bits per heavy atom. The largest absolute Gasteiger partial charge is 0.353 e. The van der Waals surface area contributed by atoms with E-state index >= 15 is 0 Å². The summed E-state index contributed by atoms with van der Waals surface area (Å²) in [5, 5.41) is 2.65. The van der Waals surface area contributed by atoms with Crippen LogP contribution >= 0.6 is 0 Å². The van der Waals surface area contributed by atoms with Gasteiger partial charge in [-0.3, -0.25) is 4.79 Å². The van der Waals surface area contributed by atoms with Crippen LogP contribution in [0.25, 0.3) is 0 Å². The molecule has 1 saturated carbocycles. The minimum Gasteiger partial charge on any atom is -0.353 e. The van der Waals surface area contributed by atoms with Crippen LogP contribution in [0.5, 0.6) is 0 Å². The second kappa shape index (κ2) is 6.89. The van der Waals surface area contributed by atoms with E-state index in [4.69, 9.17) is 0 Å². The number of hydrogen-bond donors (Lipinski definition) is 1. The maximum absolute atomic E-state index is 11.7. The quantitative estimate of drug-likeness (QED) is 0.701. The molecule has 0 bridgehead atoms. The van der Waals surface area contributed by atoms with Crippen LogP contribution in [0.2, 0.25) is 0 Å². The monoisotopic (exact) mass is 274 g/mol. The Hall–Kier alpha value is -0.880. The first kappa shape index (κ1) is 15.2. The van der Waals surface area contributed by atoms with Gasteiger partial charge in [0.25, 0.3) is 0 Å². The second-order valence-corrected chi connectivity index (χ2v) is 6.59. The fraction of sp³-hybridized carbons (Fsp3) is 0.750. The Bertz CT molecular complexity index is 386. The minimum atomic E-state index is -3.23. The van der Waals surface area contributed by atoms with Gasteiger partial charge in [-0.1, -0.05) is 18.9 Å². The molecule has 0 spiro atoms. The van der Waals surface area contributed by atoms with E-state index in [9.17, 15) is 13.2 Å². The number of sulfonamides is 1. The highest BCUT2D eigenvalue weighted by molar-refractivity contribution is 7.88. The van der Waals surface area contributed by atoms with Crippen LogP contribution in [0, 0.1) is 0 Å². The van der Waals surface area contributed by atoms with Gasteiger partial charge < -0.3 is 5.32 Å². The van der Waals surface area contributed by atoms with Gasteiger partial charge in [-0.2, -0.15) is 4.31 Å². The van der Waals surface area contributed by atoms with E-state index < -0.39 is 10.0 Å². The average Bonchev–Trinajstić information content (AvgIpc) is 2.78. The zero-order valence-corrected chi connectivity index (χ0v) is 11.7. The molecule has 1 N–H and O–H groups in total. The molecule has 6 heteroatoms. The zero-order chi connectivity index (χ0) is 13.6. The average molecular weight is 274 g/mol. The highest BCUT2D eigenvalue weighted by atomic mass is 32.2. The van der Waals surface area contributed by atoms with Gasteiger partial charge in [-0.15, -0.1) is 6.58 Å². The third-order valence-corrected chi connectivity index (χ3v) is 4.49. The van der Waals surface area contributed by atoms with Crippen molar-refractivity contribution >= 4 is 15.9 Å². The fourth-order valence-electron chi connectivity index (χ4n) is 2.30. The molecule has 0 aromatic carbocycles. The molecule has 1 aliphatic rings. The molecule has 0 unspecified atom stereocenters. The highest BCUT2D eigenvalue weighted by Gasteiger charge is 2.29. The second-order valence-electron chi connectivity index (χ2n) is 4.65. The number of carbonyl (C=O) groups is 1. The van der Waals surface area contributed by atoms with Crippen LogP contribution < -0.4 is 5.32 Å². The molecule has 0 radical (unpaired) electrons. The molecule has 18 heavy (non-hydrogen) atoms. The van der Waals surface area contributed by atoms with E-state index in [-0.39, 0.29) is 24.9 Å². The highest BCUT2D eigenvalue weighted by Crippen LogP contribution is 2.25. The molecule has 0 aromatic heterocycles. The van der Waals surface area contributed by atoms with Gasteiger partial charge in [0.2, 0.25) is 15.9 Å². The van der Waals surface area contributed by atoms with E-state index in [1.165, 1.54) is 10.6 Å². The van der Waals surface area contributed by atoms with Crippen LogP contribution in [0.4, 0.5) is 0 Å². The van der Waals surface area contributed by atoms with Crippen molar-refractivity contribution in [3.8, 4) is 0 Å². The van der Waals surface area contributed by atoms with Crippen molar-refractivity contribution in [2.45, 2.75) is 38.1 Å². The molecule has 1 aliphatic carbocycles. The van der Waals surface area contributed by atoms with Crippen LogP contribution in [-0.4, -0.2) is 44.0 Å². The molecule has 0 aliphatic heterocycles. The fourth-order valence-corrected chi connectivity index (χ4v) is 3.47. The lowest BCUT2D eigenvalue weighted by Gasteiger charge is -2.26. The summed E-state index contributed by atoms with van der Waals surface area (Å²) in [5.74, 6) is -0.137. The van der Waals surface area contributed by atoms with Gasteiger partial charge in [0, 0.05) is 25.6 Å². The number of hydrogen-bond acceptors (Lipinski definition) is 3. The van der Waals surface area contributed by atoms with Gasteiger partial charge in [0.05, 0.1) is 6.26 Å². The van der Waals surface area contributed by atoms with E-state index in [1.807, 2.05) is 0 Å². The Labute approximate surface area is 109 Å². The molecule has 1 rings (SSSR count). The van der Waals surface area contributed by atoms with Crippen molar-refractivity contribution in [2.24, 2.45) is 0 Å². The Balaban J connectivity index is 2.52. The number of nitrogens with zero attached hydrogens (tertiary/aromatic N) is 1. The first-order valence-corrected chi connectivity index (χ1v) is 8.14. The number of carbonyl (C=O) groups excluding carboxylic acids is 1. The van der Waals surface area contributed by atoms with Crippen LogP contribution in [-0.2, 0) is 14.8 Å². The topological polar surface area (TPSA) is 66.5 Å². The maximum Gasteiger partial charge on any atom is 0.221 e. The summed E-state index contributed by atoms with van der Waals surface area (Å²) in [4.78, 5) is 11.5. The summed E-state index contributed by atoms with van der Waals surface area (Å²) in [6.45, 7) is 4.20. The molecule has 0 heterocycles. The van der Waals surface area contributed by atoms with Crippen LogP contribution in [0.3, 0.4) is 0 Å². The molecule has 104 valence electrons. The van der Waals surface area contributed by atoms with E-state index in [1.54, 1.807) is 6.08 Å². The van der Waals surface area contributed by atoms with Crippen LogP contribution in [0.15, 0.2) is 12.7 Å². The smallest absolute Gasteiger partial charge is 0.221 e. The summed E-state index contributed by atoms with van der Waals surface area (Å²) < 4.78 is 24.9. The Morgan fingerprint density at radius 2 is 2.06 bits per heavy atom. The Kier molecular flexibility index (Phi) is 5.81. The summed E-state index contributed by atoms with van der Waals surface area (Å²) in [5.41, 5.74) is 0. The molecular weight excluding hydrogens is 252 g/mol. The van der Waals surface area contributed by atoms with Gasteiger partial charge in [-0.05, 0) is 12.8 Å². The lowest BCUT2D eigenvalue weighted by Crippen LogP contribution is -2.40. The van der Waals surface area contributed by atoms with Gasteiger partial charge in [-0.25, -0.2) is 8.42 Å². The first-order chi connectivity index (χ1) is 8.45. The number of rotatable bonds is 7. The van der Waals surface area contributed by atoms with E-state index in [2.05, 4.69) is 11.9 Å². The van der Waals surface area contributed by atoms with Crippen molar-refractivity contribution in [2.75, 3.05) is 19.3 Å². The zero-order valence-electron chi connectivity index (χ0n) is 10.9. The third-order valence-electron chi connectivity index (χ3n) is 3.16. The standard InChI is InChI=1S/C12H22N2O3S/c1-3-9-13-12(15)8-10-14(18(2,16)17)11-6-4-5-7-11/h3,11H,1,4-10H2,2H3,(H,13,15). The molecular formula is C12H22N2O3S. The van der Waals surface area contributed by atoms with Crippen LogP contribution in [0.1, 0.15) is 32.1 Å². The maximum atomic E-state index is 11.7. The number of nitrogens with one attached hydrogen (secondary N) is 1. The summed E-state index contributed by atoms with van der Waals surface area (Å²) in [7, 11) is -3.23. The SMILES string of the molecule is C=CCNC(=O)CCN(C1CCCC1)S(C)(=O)=O. The Morgan fingerprint density at radius 3 is 2.56 bits per heavy atom. The van der Waals surface area contributed by atoms with Gasteiger partial charge in [0.1, 0.15) is 0 Å². The lowest BCUT2D eigenvalue weighted by molar-refractivity contribution is -0.121. The molecule has 1 fully saturated rings. The summed E-state index contributed by atoms with van der Waals surface area (Å²) >= 11 is 0. The molecule has 0 saturated heterocycles. The molecule has 1 amide bonds. The third kappa shape index (κ3) is 4.78. The summed E-state index contributed by atoms with van der Waals surface area (Å²) in [6.07, 6.45) is 6.97. The van der Waals surface area contributed by atoms with Crippen molar-refractivity contribution in [1.29, 1.82) is 0 Å². The molecule has 0 atom stereocenters. The normalized spacial score (nSPS) is 17.0. The molecule has 0 aromatic rings. The predicted molar refractivity (Wildman–Crippen MR) is 71.6 cm³/mol. The predicted octanol–water partition coefficient (Wildman–Crippen LogP) is 0.883. The van der Waals surface area contributed by atoms with Gasteiger partial charge in [0.15, 0.2) is 0 Å². The minimum absolute atomic E-state index is 0.0761. The van der Waals surface area contributed by atoms with Crippen molar-refractivity contribution < 1.29 is 13.2 Å². The number of amides is 1. The molecule has 5 nitrogen and oxygen atoms in total. The summed E-state index contributed by atoms with van der Waals surface area (Å²) in [6, 6.07) is 0.0761. The lowest BCUT2D eigenvalue weighted by atomic mass is 10.2. The van der Waals surface area contributed by atoms with Crippen molar-refractivity contribution in [3.63, 3.8) is 0 Å². The van der Waals surface area contributed by atoms with Crippen molar-refractivity contribution in [3.05, 3.63) is 12.7 Å². The first-order valence-electron chi connectivity index (χ1n) is 6.29. The van der Waals surface area contributed by atoms with E-state index in [0.717, 1.165) is 25.7 Å².